The Labute approximate surface area is 115 Å². The van der Waals surface area contributed by atoms with Crippen LogP contribution >= 0.6 is 0 Å². The molecule has 0 aromatic heterocycles. The number of carboxylic acids is 1. The van der Waals surface area contributed by atoms with E-state index < -0.39 is 5.97 Å². The molecule has 112 valence electrons. The number of hydrogen-bond donors (Lipinski definition) is 2. The third kappa shape index (κ3) is 7.66. The van der Waals surface area contributed by atoms with E-state index >= 15 is 0 Å². The summed E-state index contributed by atoms with van der Waals surface area (Å²) in [4.78, 5) is 26.4. The number of hydrogen-bond acceptors (Lipinski definition) is 3. The molecule has 19 heavy (non-hydrogen) atoms. The number of amides is 2. The Kier molecular flexibility index (Phi) is 8.14. The fraction of sp³-hybridized carbons (Fsp3) is 0.846. The van der Waals surface area contributed by atoms with Gasteiger partial charge in [-0.15, -0.1) is 0 Å². The summed E-state index contributed by atoms with van der Waals surface area (Å²) in [5.41, 5.74) is 0. The van der Waals surface area contributed by atoms with Crippen molar-refractivity contribution in [2.24, 2.45) is 0 Å². The average Bonchev–Trinajstić information content (AvgIpc) is 2.26. The van der Waals surface area contributed by atoms with Crippen molar-refractivity contribution in [1.82, 2.24) is 15.1 Å². The van der Waals surface area contributed by atoms with Crippen molar-refractivity contribution in [1.29, 1.82) is 0 Å². The third-order valence-corrected chi connectivity index (χ3v) is 2.92. The molecular formula is C13H27N3O3. The van der Waals surface area contributed by atoms with Crippen LogP contribution < -0.4 is 5.32 Å². The van der Waals surface area contributed by atoms with E-state index in [1.165, 1.54) is 0 Å². The van der Waals surface area contributed by atoms with Crippen LogP contribution in [0.25, 0.3) is 0 Å². The first-order chi connectivity index (χ1) is 8.77. The van der Waals surface area contributed by atoms with Gasteiger partial charge >= 0.3 is 12.0 Å². The number of carboxylic acid groups (broad SMARTS) is 1. The van der Waals surface area contributed by atoms with E-state index in [0.29, 0.717) is 13.0 Å². The molecule has 0 heterocycles. The van der Waals surface area contributed by atoms with Gasteiger partial charge in [-0.2, -0.15) is 0 Å². The average molecular weight is 273 g/mol. The van der Waals surface area contributed by atoms with Gasteiger partial charge in [0.2, 0.25) is 0 Å². The molecule has 0 aromatic rings. The molecular weight excluding hydrogens is 246 g/mol. The van der Waals surface area contributed by atoms with Gasteiger partial charge in [-0.25, -0.2) is 4.79 Å². The molecule has 6 nitrogen and oxygen atoms in total. The summed E-state index contributed by atoms with van der Waals surface area (Å²) in [5.74, 6) is -0.838. The molecule has 0 aromatic carbocycles. The Balaban J connectivity index is 4.30. The van der Waals surface area contributed by atoms with Crippen LogP contribution in [0.1, 0.15) is 33.6 Å². The maximum atomic E-state index is 12.1. The van der Waals surface area contributed by atoms with Crippen molar-refractivity contribution in [3.63, 3.8) is 0 Å². The summed E-state index contributed by atoms with van der Waals surface area (Å²) >= 11 is 0. The second-order valence-corrected chi connectivity index (χ2v) is 5.18. The Morgan fingerprint density at radius 1 is 1.26 bits per heavy atom. The van der Waals surface area contributed by atoms with Gasteiger partial charge in [0.05, 0.1) is 0 Å². The summed E-state index contributed by atoms with van der Waals surface area (Å²) in [6, 6.07) is -0.148. The van der Waals surface area contributed by atoms with Crippen molar-refractivity contribution in [2.75, 3.05) is 27.2 Å². The molecule has 2 unspecified atom stereocenters. The summed E-state index contributed by atoms with van der Waals surface area (Å²) in [6.45, 7) is 7.20. The van der Waals surface area contributed by atoms with Crippen molar-refractivity contribution in [3.8, 4) is 0 Å². The highest BCUT2D eigenvalue weighted by molar-refractivity contribution is 5.75. The summed E-state index contributed by atoms with van der Waals surface area (Å²) in [7, 11) is 3.94. The zero-order chi connectivity index (χ0) is 15.0. The Morgan fingerprint density at radius 2 is 1.84 bits per heavy atom. The number of likely N-dealkylation sites (N-methyl/N-ethyl adjacent to an activating group) is 2. The van der Waals surface area contributed by atoms with Crippen molar-refractivity contribution < 1.29 is 14.7 Å². The minimum Gasteiger partial charge on any atom is -0.481 e. The predicted molar refractivity (Wildman–Crippen MR) is 75.3 cm³/mol. The highest BCUT2D eigenvalue weighted by atomic mass is 16.4. The lowest BCUT2D eigenvalue weighted by molar-refractivity contribution is -0.137. The largest absolute Gasteiger partial charge is 0.481 e. The van der Waals surface area contributed by atoms with Crippen LogP contribution in [0.15, 0.2) is 0 Å². The highest BCUT2D eigenvalue weighted by Gasteiger charge is 2.20. The Morgan fingerprint density at radius 3 is 2.26 bits per heavy atom. The van der Waals surface area contributed by atoms with Gasteiger partial charge in [0, 0.05) is 31.6 Å². The van der Waals surface area contributed by atoms with Gasteiger partial charge in [0.25, 0.3) is 0 Å². The molecule has 0 aliphatic rings. The number of urea groups is 1. The van der Waals surface area contributed by atoms with Gasteiger partial charge in [-0.1, -0.05) is 0 Å². The highest BCUT2D eigenvalue weighted by Crippen LogP contribution is 2.03. The number of carbonyl (C=O) groups is 2. The van der Waals surface area contributed by atoms with Crippen LogP contribution in [0.5, 0.6) is 0 Å². The molecule has 0 aliphatic carbocycles. The maximum Gasteiger partial charge on any atom is 0.317 e. The van der Waals surface area contributed by atoms with E-state index in [0.717, 1.165) is 6.54 Å². The molecule has 0 saturated carbocycles. The van der Waals surface area contributed by atoms with Crippen LogP contribution in [0.2, 0.25) is 0 Å². The lowest BCUT2D eigenvalue weighted by Crippen LogP contribution is -2.50. The minimum absolute atomic E-state index is 0.0703. The van der Waals surface area contributed by atoms with Crippen molar-refractivity contribution >= 4 is 12.0 Å². The van der Waals surface area contributed by atoms with Gasteiger partial charge in [0.1, 0.15) is 0 Å². The van der Waals surface area contributed by atoms with E-state index in [-0.39, 0.29) is 24.5 Å². The summed E-state index contributed by atoms with van der Waals surface area (Å²) in [5, 5.41) is 11.5. The lowest BCUT2D eigenvalue weighted by Gasteiger charge is -2.31. The number of nitrogens with one attached hydrogen (secondary N) is 1. The van der Waals surface area contributed by atoms with E-state index in [1.807, 2.05) is 39.8 Å². The van der Waals surface area contributed by atoms with Crippen molar-refractivity contribution in [3.05, 3.63) is 0 Å². The molecule has 0 spiro atoms. The normalized spacial score (nSPS) is 14.0. The predicted octanol–water partition coefficient (Wildman–Crippen LogP) is 1.22. The van der Waals surface area contributed by atoms with E-state index in [1.54, 1.807) is 4.90 Å². The molecule has 2 atom stereocenters. The van der Waals surface area contributed by atoms with E-state index in [9.17, 15) is 9.59 Å². The first-order valence-electron chi connectivity index (χ1n) is 6.71. The van der Waals surface area contributed by atoms with Gasteiger partial charge in [0.15, 0.2) is 0 Å². The van der Waals surface area contributed by atoms with E-state index in [4.69, 9.17) is 5.11 Å². The monoisotopic (exact) mass is 273 g/mol. The van der Waals surface area contributed by atoms with Crippen LogP contribution in [0, 0.1) is 0 Å². The molecule has 0 fully saturated rings. The van der Waals surface area contributed by atoms with Gasteiger partial charge < -0.3 is 20.2 Å². The van der Waals surface area contributed by atoms with Crippen LogP contribution in [0.4, 0.5) is 4.79 Å². The third-order valence-electron chi connectivity index (χ3n) is 2.92. The smallest absolute Gasteiger partial charge is 0.317 e. The first kappa shape index (κ1) is 17.7. The molecule has 6 heteroatoms. The molecule has 0 radical (unpaired) electrons. The molecule has 0 bridgehead atoms. The molecule has 0 rings (SSSR count). The number of rotatable bonds is 8. The van der Waals surface area contributed by atoms with Crippen molar-refractivity contribution in [2.45, 2.75) is 45.7 Å². The van der Waals surface area contributed by atoms with E-state index in [2.05, 4.69) is 5.32 Å². The standard InChI is InChI=1S/C13H27N3O3/c1-6-16(11(3)9-15(4)5)13(19)14-10(2)7-8-12(17)18/h10-11H,6-9H2,1-5H3,(H,14,19)(H,17,18). The number of carbonyl (C=O) groups excluding carboxylic acids is 1. The molecule has 2 N–H and O–H groups in total. The fourth-order valence-electron chi connectivity index (χ4n) is 1.99. The van der Waals surface area contributed by atoms with Crippen LogP contribution in [0.3, 0.4) is 0 Å². The number of nitrogens with zero attached hydrogens (tertiary/aromatic N) is 2. The van der Waals surface area contributed by atoms with Crippen LogP contribution in [-0.4, -0.2) is 66.2 Å². The van der Waals surface area contributed by atoms with Gasteiger partial charge in [-0.05, 0) is 41.3 Å². The zero-order valence-corrected chi connectivity index (χ0v) is 12.6. The summed E-state index contributed by atoms with van der Waals surface area (Å²) < 4.78 is 0. The Hall–Kier alpha value is -1.30. The molecule has 0 saturated heterocycles. The number of aliphatic carboxylic acids is 1. The topological polar surface area (TPSA) is 72.9 Å². The molecule has 2 amide bonds. The van der Waals surface area contributed by atoms with Gasteiger partial charge in [-0.3, -0.25) is 4.79 Å². The maximum absolute atomic E-state index is 12.1. The molecule has 0 aliphatic heterocycles. The second kappa shape index (κ2) is 8.74. The summed E-state index contributed by atoms with van der Waals surface area (Å²) in [6.07, 6.45) is 0.515. The Bertz CT molecular complexity index is 295. The second-order valence-electron chi connectivity index (χ2n) is 5.18. The minimum atomic E-state index is -0.838. The van der Waals surface area contributed by atoms with Crippen LogP contribution in [-0.2, 0) is 4.79 Å². The quantitative estimate of drug-likeness (QED) is 0.697. The first-order valence-corrected chi connectivity index (χ1v) is 6.71. The fourth-order valence-corrected chi connectivity index (χ4v) is 1.99. The lowest BCUT2D eigenvalue weighted by atomic mass is 10.2. The SMILES string of the molecule is CCN(C(=O)NC(C)CCC(=O)O)C(C)CN(C)C. The zero-order valence-electron chi connectivity index (χ0n) is 12.6.